The molecule has 1 saturated heterocycles. The number of benzene rings is 1. The Labute approximate surface area is 218 Å². The van der Waals surface area contributed by atoms with Gasteiger partial charge in [0.1, 0.15) is 17.3 Å². The van der Waals surface area contributed by atoms with Crippen molar-refractivity contribution < 1.29 is 24.3 Å². The third kappa shape index (κ3) is 4.42. The second-order valence-corrected chi connectivity index (χ2v) is 11.0. The van der Waals surface area contributed by atoms with Crippen molar-refractivity contribution in [3.63, 3.8) is 0 Å². The summed E-state index contributed by atoms with van der Waals surface area (Å²) in [5.74, 6) is -1.23. The van der Waals surface area contributed by atoms with Gasteiger partial charge in [-0.15, -0.1) is 11.3 Å². The van der Waals surface area contributed by atoms with Gasteiger partial charge in [0.15, 0.2) is 5.76 Å². The zero-order chi connectivity index (χ0) is 26.5. The third-order valence-corrected chi connectivity index (χ3v) is 8.11. The summed E-state index contributed by atoms with van der Waals surface area (Å²) in [5, 5.41) is 26.9. The number of carbonyl (C=O) groups is 2. The van der Waals surface area contributed by atoms with Crippen molar-refractivity contribution in [1.82, 2.24) is 20.4 Å². The van der Waals surface area contributed by atoms with E-state index in [1.807, 2.05) is 45.0 Å². The van der Waals surface area contributed by atoms with Crippen molar-refractivity contribution in [2.75, 3.05) is 6.54 Å². The number of amides is 2. The first-order valence-electron chi connectivity index (χ1n) is 12.1. The highest BCUT2D eigenvalue weighted by Gasteiger charge is 2.48. The van der Waals surface area contributed by atoms with Crippen LogP contribution in [0.15, 0.2) is 45.4 Å². The molecule has 2 amide bonds. The Balaban J connectivity index is 1.39. The van der Waals surface area contributed by atoms with Crippen LogP contribution in [0.5, 0.6) is 5.88 Å². The number of hydrogen-bond donors (Lipinski definition) is 3. The molecule has 0 radical (unpaired) electrons. The lowest BCUT2D eigenvalue weighted by Gasteiger charge is -2.31. The number of rotatable bonds is 6. The number of aliphatic imine (C=N–C) groups is 1. The molecule has 0 unspecified atom stereocenters. The number of hydrogen-bond acceptors (Lipinski definition) is 9. The third-order valence-electron chi connectivity index (χ3n) is 7.13. The van der Waals surface area contributed by atoms with Gasteiger partial charge >= 0.3 is 0 Å². The SMILES string of the molecule is Cc1ncsc1-c1ccc([C@]2(C)NC([C@H]3C[C@@H](O)CN3C(=O)[C@H](c3cc(O)no3)C(C)C)=NC2=O)cc1. The summed E-state index contributed by atoms with van der Waals surface area (Å²) in [7, 11) is 0. The second kappa shape index (κ2) is 9.38. The van der Waals surface area contributed by atoms with Crippen molar-refractivity contribution in [3.8, 4) is 16.3 Å². The molecule has 4 atom stereocenters. The van der Waals surface area contributed by atoms with E-state index in [0.717, 1.165) is 21.7 Å². The molecule has 2 aromatic heterocycles. The van der Waals surface area contributed by atoms with Gasteiger partial charge in [0.2, 0.25) is 5.91 Å². The number of nitrogens with one attached hydrogen (secondary N) is 1. The maximum atomic E-state index is 13.7. The summed E-state index contributed by atoms with van der Waals surface area (Å²) in [6.07, 6.45) is -0.518. The number of aliphatic hydroxyl groups is 1. The Kier molecular flexibility index (Phi) is 6.36. The minimum atomic E-state index is -1.10. The lowest BCUT2D eigenvalue weighted by atomic mass is 9.90. The predicted molar refractivity (Wildman–Crippen MR) is 137 cm³/mol. The van der Waals surface area contributed by atoms with E-state index in [9.17, 15) is 19.8 Å². The van der Waals surface area contributed by atoms with E-state index in [-0.39, 0.29) is 42.3 Å². The first-order valence-corrected chi connectivity index (χ1v) is 13.0. The van der Waals surface area contributed by atoms with Crippen LogP contribution in [0.4, 0.5) is 0 Å². The van der Waals surface area contributed by atoms with Crippen LogP contribution < -0.4 is 5.32 Å². The number of aromatic hydroxyl groups is 1. The predicted octanol–water partition coefficient (Wildman–Crippen LogP) is 2.96. The molecular weight excluding hydrogens is 494 g/mol. The van der Waals surface area contributed by atoms with E-state index in [1.165, 1.54) is 11.0 Å². The van der Waals surface area contributed by atoms with Gasteiger partial charge in [-0.3, -0.25) is 9.59 Å². The summed E-state index contributed by atoms with van der Waals surface area (Å²) in [6, 6.07) is 8.44. The van der Waals surface area contributed by atoms with Crippen molar-refractivity contribution >= 4 is 29.0 Å². The second-order valence-electron chi connectivity index (χ2n) is 10.1. The van der Waals surface area contributed by atoms with Crippen molar-refractivity contribution in [3.05, 3.63) is 52.9 Å². The van der Waals surface area contributed by atoms with E-state index < -0.39 is 23.6 Å². The van der Waals surface area contributed by atoms with Gasteiger partial charge < -0.3 is 25.0 Å². The first kappa shape index (κ1) is 25.1. The van der Waals surface area contributed by atoms with Crippen molar-refractivity contribution in [1.29, 1.82) is 0 Å². The molecule has 3 N–H and O–H groups in total. The van der Waals surface area contributed by atoms with Crippen LogP contribution in [0.2, 0.25) is 0 Å². The number of aryl methyl sites for hydroxylation is 1. The summed E-state index contributed by atoms with van der Waals surface area (Å²) < 4.78 is 5.19. The summed E-state index contributed by atoms with van der Waals surface area (Å²) in [6.45, 7) is 7.56. The molecular formula is C26H29N5O5S. The van der Waals surface area contributed by atoms with Crippen LogP contribution in [-0.2, 0) is 15.1 Å². The monoisotopic (exact) mass is 523 g/mol. The number of likely N-dealkylation sites (tertiary alicyclic amines) is 1. The summed E-state index contributed by atoms with van der Waals surface area (Å²) in [5.41, 5.74) is 3.42. The molecule has 2 aliphatic rings. The van der Waals surface area contributed by atoms with Gasteiger partial charge in [0.05, 0.1) is 28.2 Å². The van der Waals surface area contributed by atoms with Gasteiger partial charge in [-0.2, -0.15) is 4.99 Å². The molecule has 0 spiro atoms. The quantitative estimate of drug-likeness (QED) is 0.448. The fraction of sp³-hybridized carbons (Fsp3) is 0.423. The largest absolute Gasteiger partial charge is 0.491 e. The molecule has 1 aromatic carbocycles. The van der Waals surface area contributed by atoms with Crippen molar-refractivity contribution in [2.24, 2.45) is 10.9 Å². The summed E-state index contributed by atoms with van der Waals surface area (Å²) in [4.78, 5) is 38.1. The smallest absolute Gasteiger partial charge is 0.277 e. The molecule has 5 rings (SSSR count). The number of nitrogens with zero attached hydrogens (tertiary/aromatic N) is 4. The molecule has 10 nitrogen and oxygen atoms in total. The minimum absolute atomic E-state index is 0.0986. The van der Waals surface area contributed by atoms with Gasteiger partial charge in [0, 0.05) is 19.0 Å². The Morgan fingerprint density at radius 2 is 2.03 bits per heavy atom. The Morgan fingerprint density at radius 1 is 1.30 bits per heavy atom. The lowest BCUT2D eigenvalue weighted by Crippen LogP contribution is -2.51. The fourth-order valence-corrected chi connectivity index (χ4v) is 5.91. The highest BCUT2D eigenvalue weighted by Crippen LogP contribution is 2.35. The highest BCUT2D eigenvalue weighted by molar-refractivity contribution is 7.13. The lowest BCUT2D eigenvalue weighted by molar-refractivity contribution is -0.134. The fourth-order valence-electron chi connectivity index (χ4n) is 5.10. The molecule has 0 saturated carbocycles. The van der Waals surface area contributed by atoms with Crippen LogP contribution >= 0.6 is 11.3 Å². The Hall–Kier alpha value is -3.57. The molecule has 0 aliphatic carbocycles. The molecule has 11 heteroatoms. The van der Waals surface area contributed by atoms with Crippen LogP contribution in [0.3, 0.4) is 0 Å². The normalized spacial score (nSPS) is 24.4. The molecule has 2 aliphatic heterocycles. The maximum absolute atomic E-state index is 13.7. The van der Waals surface area contributed by atoms with Crippen LogP contribution in [-0.4, -0.2) is 61.6 Å². The highest BCUT2D eigenvalue weighted by atomic mass is 32.1. The number of amidine groups is 1. The zero-order valence-corrected chi connectivity index (χ0v) is 21.8. The van der Waals surface area contributed by atoms with E-state index in [2.05, 4.69) is 20.4 Å². The van der Waals surface area contributed by atoms with E-state index in [1.54, 1.807) is 23.8 Å². The molecule has 37 heavy (non-hydrogen) atoms. The Morgan fingerprint density at radius 3 is 2.62 bits per heavy atom. The maximum Gasteiger partial charge on any atom is 0.277 e. The topological polar surface area (TPSA) is 141 Å². The average molecular weight is 524 g/mol. The summed E-state index contributed by atoms with van der Waals surface area (Å²) >= 11 is 1.56. The van der Waals surface area contributed by atoms with Crippen LogP contribution in [0.1, 0.15) is 50.1 Å². The number of carbonyl (C=O) groups excluding carboxylic acids is 2. The number of thiazole rings is 1. The van der Waals surface area contributed by atoms with E-state index >= 15 is 0 Å². The van der Waals surface area contributed by atoms with Gasteiger partial charge in [-0.25, -0.2) is 4.98 Å². The molecule has 1 fully saturated rings. The first-order chi connectivity index (χ1) is 17.6. The van der Waals surface area contributed by atoms with E-state index in [0.29, 0.717) is 5.84 Å². The molecule has 0 bridgehead atoms. The zero-order valence-electron chi connectivity index (χ0n) is 21.0. The van der Waals surface area contributed by atoms with Crippen LogP contribution in [0, 0.1) is 12.8 Å². The average Bonchev–Trinajstić information content (AvgIpc) is 3.62. The van der Waals surface area contributed by atoms with Gasteiger partial charge in [-0.05, 0) is 36.0 Å². The van der Waals surface area contributed by atoms with E-state index in [4.69, 9.17) is 4.52 Å². The number of β-amino-alcohol motifs (C(OH)–C–C–N with tert-alkyl or cyclic N) is 1. The Bertz CT molecular complexity index is 1360. The molecule has 3 aromatic rings. The molecule has 194 valence electrons. The van der Waals surface area contributed by atoms with Crippen LogP contribution in [0.25, 0.3) is 10.4 Å². The minimum Gasteiger partial charge on any atom is -0.491 e. The standard InChI is InChI=1S/C26H29N5O5S/c1-13(2)21(19-10-20(33)30-36-19)24(34)31-11-17(32)9-18(31)23-28-25(35)26(4,29-23)16-7-5-15(6-8-16)22-14(3)27-12-37-22/h5-8,10,12-13,17-18,21,32H,9,11H2,1-4H3,(H,30,33)(H,28,29,35)/t17-,18-,21+,26+/m1/s1. The molecule has 4 heterocycles. The van der Waals surface area contributed by atoms with Gasteiger partial charge in [0.25, 0.3) is 11.8 Å². The van der Waals surface area contributed by atoms with Gasteiger partial charge in [-0.1, -0.05) is 38.1 Å². The number of aromatic nitrogens is 2. The number of aliphatic hydroxyl groups excluding tert-OH is 1. The van der Waals surface area contributed by atoms with Crippen molar-refractivity contribution in [2.45, 2.75) is 57.7 Å².